The number of hydrogen-bond donors (Lipinski definition) is 2. The molecular weight excluding hydrogens is 176 g/mol. The van der Waals surface area contributed by atoms with E-state index in [0.717, 1.165) is 0 Å². The Hall–Kier alpha value is -0.100. The van der Waals surface area contributed by atoms with Crippen LogP contribution < -0.4 is 0 Å². The lowest BCUT2D eigenvalue weighted by atomic mass is 10.4. The van der Waals surface area contributed by atoms with Crippen LogP contribution in [0.5, 0.6) is 0 Å². The van der Waals surface area contributed by atoms with Crippen molar-refractivity contribution >= 4 is 21.4 Å². The average molecular weight is 186 g/mol. The van der Waals surface area contributed by atoms with Crippen LogP contribution >= 0.6 is 0 Å². The van der Waals surface area contributed by atoms with E-state index in [-0.39, 0.29) is 11.5 Å². The molecule has 0 fully saturated rings. The zero-order chi connectivity index (χ0) is 7.98. The summed E-state index contributed by atoms with van der Waals surface area (Å²) in [7, 11) is -4.66. The lowest BCUT2D eigenvalue weighted by molar-refractivity contribution is 0.604. The average Bonchev–Trinajstić information content (AvgIpc) is 1.79. The topological polar surface area (TPSA) is 68.3 Å². The quantitative estimate of drug-likeness (QED) is 0.426. The van der Waals surface area contributed by atoms with Gasteiger partial charge in [-0.25, -0.2) is 16.8 Å². The highest BCUT2D eigenvalue weighted by molar-refractivity contribution is 7.72. The van der Waals surface area contributed by atoms with Gasteiger partial charge in [0, 0.05) is 11.5 Å². The van der Waals surface area contributed by atoms with Gasteiger partial charge in [0.15, 0.2) is 0 Å². The third-order valence-corrected chi connectivity index (χ3v) is 2.29. The van der Waals surface area contributed by atoms with Crippen LogP contribution in [-0.4, -0.2) is 28.3 Å². The van der Waals surface area contributed by atoms with Crippen LogP contribution in [0.2, 0.25) is 0 Å². The van der Waals surface area contributed by atoms with E-state index in [1.54, 1.807) is 0 Å². The van der Waals surface area contributed by atoms with E-state index in [0.29, 0.717) is 12.8 Å². The Kier molecular flexibility index (Phi) is 5.61. The molecule has 0 heterocycles. The zero-order valence-corrected chi connectivity index (χ0v) is 7.14. The van der Waals surface area contributed by atoms with Gasteiger partial charge < -0.3 is 0 Å². The molecular formula is C4H10O4S2. The molecule has 0 N–H and O–H groups in total. The van der Waals surface area contributed by atoms with E-state index in [2.05, 4.69) is 0 Å². The van der Waals surface area contributed by atoms with Gasteiger partial charge in [0.25, 0.3) is 0 Å². The number of hydrogen-bond acceptors (Lipinski definition) is 4. The van der Waals surface area contributed by atoms with Gasteiger partial charge in [-0.15, -0.1) is 0 Å². The smallest absolute Gasteiger partial charge is 0.140 e. The summed E-state index contributed by atoms with van der Waals surface area (Å²) in [6.07, 6.45) is 0.893. The van der Waals surface area contributed by atoms with E-state index in [4.69, 9.17) is 0 Å². The molecule has 0 aromatic rings. The molecule has 0 saturated heterocycles. The van der Waals surface area contributed by atoms with Crippen molar-refractivity contribution in [2.24, 2.45) is 0 Å². The predicted octanol–water partition coefficient (Wildman–Crippen LogP) is -1.01. The lowest BCUT2D eigenvalue weighted by Crippen LogP contribution is -1.92. The first-order chi connectivity index (χ1) is 4.63. The van der Waals surface area contributed by atoms with Gasteiger partial charge in [0.2, 0.25) is 0 Å². The molecule has 0 radical (unpaired) electrons. The molecule has 6 heteroatoms. The minimum absolute atomic E-state index is 0.0957. The summed E-state index contributed by atoms with van der Waals surface area (Å²) >= 11 is 0. The van der Waals surface area contributed by atoms with Crippen LogP contribution in [0.4, 0.5) is 0 Å². The molecule has 62 valence electrons. The zero-order valence-electron chi connectivity index (χ0n) is 5.36. The molecule has 0 aromatic heterocycles. The van der Waals surface area contributed by atoms with Crippen LogP contribution in [0.15, 0.2) is 0 Å². The van der Waals surface area contributed by atoms with Crippen molar-refractivity contribution in [3.05, 3.63) is 0 Å². The second-order valence-electron chi connectivity index (χ2n) is 1.82. The Morgan fingerprint density at radius 1 is 0.700 bits per heavy atom. The molecule has 0 aliphatic rings. The van der Waals surface area contributed by atoms with Crippen molar-refractivity contribution in [2.75, 3.05) is 11.5 Å². The molecule has 0 atom stereocenters. The van der Waals surface area contributed by atoms with Gasteiger partial charge in [-0.2, -0.15) is 0 Å². The monoisotopic (exact) mass is 186 g/mol. The summed E-state index contributed by atoms with van der Waals surface area (Å²) in [6.45, 7) is 0. The fourth-order valence-electron chi connectivity index (χ4n) is 0.482. The minimum Gasteiger partial charge on any atom is -0.232 e. The van der Waals surface area contributed by atoms with Crippen LogP contribution in [0.3, 0.4) is 0 Å². The summed E-state index contributed by atoms with van der Waals surface area (Å²) in [5.74, 6) is 0.191. The first-order valence-electron chi connectivity index (χ1n) is 2.86. The van der Waals surface area contributed by atoms with Crippen LogP contribution in [0, 0.1) is 0 Å². The van der Waals surface area contributed by atoms with E-state index < -0.39 is 21.4 Å². The van der Waals surface area contributed by atoms with E-state index in [1.807, 2.05) is 0 Å². The van der Waals surface area contributed by atoms with Crippen molar-refractivity contribution in [1.82, 2.24) is 0 Å². The fraction of sp³-hybridized carbons (Fsp3) is 1.00. The third kappa shape index (κ3) is 7.90. The van der Waals surface area contributed by atoms with Crippen molar-refractivity contribution in [2.45, 2.75) is 12.8 Å². The molecule has 0 bridgehead atoms. The highest BCUT2D eigenvalue weighted by Crippen LogP contribution is 1.88. The second-order valence-corrected chi connectivity index (χ2v) is 4.05. The molecule has 0 unspecified atom stereocenters. The number of unbranched alkanes of at least 4 members (excludes halogenated alkanes) is 1. The SMILES string of the molecule is O=[SH](=O)CCCC[SH](=O)=O. The maximum atomic E-state index is 9.93. The Morgan fingerprint density at radius 2 is 1.00 bits per heavy atom. The van der Waals surface area contributed by atoms with Crippen molar-refractivity contribution in [3.8, 4) is 0 Å². The number of thiol groups is 2. The predicted molar refractivity (Wildman–Crippen MR) is 39.6 cm³/mol. The Labute approximate surface area is 63.1 Å². The summed E-state index contributed by atoms with van der Waals surface area (Å²) in [4.78, 5) is 0. The summed E-state index contributed by atoms with van der Waals surface area (Å²) in [6, 6.07) is 0. The van der Waals surface area contributed by atoms with Gasteiger partial charge in [-0.3, -0.25) is 0 Å². The van der Waals surface area contributed by atoms with Crippen LogP contribution in [0.25, 0.3) is 0 Å². The van der Waals surface area contributed by atoms with Gasteiger partial charge in [0.05, 0.1) is 0 Å². The molecule has 0 amide bonds. The fourth-order valence-corrected chi connectivity index (χ4v) is 1.45. The summed E-state index contributed by atoms with van der Waals surface area (Å²) in [5.41, 5.74) is 0. The highest BCUT2D eigenvalue weighted by atomic mass is 32.2. The number of rotatable bonds is 5. The lowest BCUT2D eigenvalue weighted by Gasteiger charge is -1.87. The molecule has 0 aliphatic carbocycles. The summed E-state index contributed by atoms with van der Waals surface area (Å²) < 4.78 is 39.7. The third-order valence-electron chi connectivity index (χ3n) is 0.931. The molecule has 0 aromatic carbocycles. The van der Waals surface area contributed by atoms with Crippen LogP contribution in [-0.2, 0) is 21.4 Å². The van der Waals surface area contributed by atoms with E-state index in [1.165, 1.54) is 0 Å². The Morgan fingerprint density at radius 3 is 1.20 bits per heavy atom. The maximum Gasteiger partial charge on any atom is 0.140 e. The van der Waals surface area contributed by atoms with Gasteiger partial charge in [-0.1, -0.05) is 0 Å². The van der Waals surface area contributed by atoms with E-state index in [9.17, 15) is 16.8 Å². The minimum atomic E-state index is -2.33. The largest absolute Gasteiger partial charge is 0.232 e. The molecule has 10 heavy (non-hydrogen) atoms. The molecule has 4 nitrogen and oxygen atoms in total. The van der Waals surface area contributed by atoms with E-state index >= 15 is 0 Å². The molecule has 0 saturated carbocycles. The Balaban J connectivity index is 3.21. The molecule has 0 rings (SSSR count). The first-order valence-corrected chi connectivity index (χ1v) is 5.59. The van der Waals surface area contributed by atoms with Gasteiger partial charge in [0.1, 0.15) is 21.4 Å². The maximum absolute atomic E-state index is 9.93. The van der Waals surface area contributed by atoms with Crippen LogP contribution in [0.1, 0.15) is 12.8 Å². The van der Waals surface area contributed by atoms with Crippen molar-refractivity contribution in [3.63, 3.8) is 0 Å². The van der Waals surface area contributed by atoms with Gasteiger partial charge >= 0.3 is 0 Å². The van der Waals surface area contributed by atoms with Gasteiger partial charge in [-0.05, 0) is 12.8 Å². The molecule has 0 aliphatic heterocycles. The Bertz CT molecular complexity index is 175. The van der Waals surface area contributed by atoms with Crippen molar-refractivity contribution in [1.29, 1.82) is 0 Å². The normalized spacial score (nSPS) is 11.0. The second kappa shape index (κ2) is 5.67. The highest BCUT2D eigenvalue weighted by Gasteiger charge is 1.90. The standard InChI is InChI=1S/C4H10O4S2/c5-9(6)3-1-2-4-10(7)8/h9-10H,1-4H2. The first kappa shape index (κ1) is 9.90. The summed E-state index contributed by atoms with van der Waals surface area (Å²) in [5, 5.41) is 0. The molecule has 0 spiro atoms. The van der Waals surface area contributed by atoms with Crippen molar-refractivity contribution < 1.29 is 16.8 Å².